The number of hydrogen-bond donors (Lipinski definition) is 2. The van der Waals surface area contributed by atoms with Gasteiger partial charge in [0.1, 0.15) is 11.6 Å². The smallest absolute Gasteiger partial charge is 0.280 e. The van der Waals surface area contributed by atoms with Crippen LogP contribution in [0.15, 0.2) is 29.4 Å². The average Bonchev–Trinajstić information content (AvgIpc) is 2.76. The first-order valence-electron chi connectivity index (χ1n) is 5.95. The van der Waals surface area contributed by atoms with Gasteiger partial charge in [-0.15, -0.1) is 0 Å². The summed E-state index contributed by atoms with van der Waals surface area (Å²) in [6.45, 7) is 4.21. The molecule has 0 spiro atoms. The monoisotopic (exact) mass is 298 g/mol. The molecule has 0 atom stereocenters. The molecule has 0 aliphatic carbocycles. The zero-order valence-electron chi connectivity index (χ0n) is 11.1. The Morgan fingerprint density at radius 1 is 1.45 bits per heavy atom. The van der Waals surface area contributed by atoms with E-state index in [-0.39, 0.29) is 16.4 Å². The molecule has 3 N–H and O–H groups in total. The maximum Gasteiger partial charge on any atom is 0.280 e. The molecule has 2 rings (SSSR count). The standard InChI is InChI=1S/C12H15FN4O2S/c1-3-17-7-12(15-8(17)2)20(18,19)16-9-4-5-11(14)10(13)6-9/h4-7,16H,3,14H2,1-2H3. The Hall–Kier alpha value is -2.09. The number of nitrogen functional groups attached to an aromatic ring is 1. The molecular weight excluding hydrogens is 283 g/mol. The van der Waals surface area contributed by atoms with E-state index in [1.165, 1.54) is 18.3 Å². The van der Waals surface area contributed by atoms with Gasteiger partial charge in [0.2, 0.25) is 0 Å². The lowest BCUT2D eigenvalue weighted by Crippen LogP contribution is -2.13. The average molecular weight is 298 g/mol. The minimum Gasteiger partial charge on any atom is -0.396 e. The molecule has 1 heterocycles. The van der Waals surface area contributed by atoms with Crippen LogP contribution in [0.5, 0.6) is 0 Å². The summed E-state index contributed by atoms with van der Waals surface area (Å²) in [6.07, 6.45) is 1.44. The lowest BCUT2D eigenvalue weighted by atomic mass is 10.3. The summed E-state index contributed by atoms with van der Waals surface area (Å²) in [7, 11) is -3.84. The number of anilines is 2. The van der Waals surface area contributed by atoms with Crippen molar-refractivity contribution in [3.05, 3.63) is 36.0 Å². The van der Waals surface area contributed by atoms with Gasteiger partial charge in [-0.1, -0.05) is 0 Å². The third-order valence-electron chi connectivity index (χ3n) is 2.82. The van der Waals surface area contributed by atoms with E-state index in [0.29, 0.717) is 12.4 Å². The largest absolute Gasteiger partial charge is 0.396 e. The summed E-state index contributed by atoms with van der Waals surface area (Å²) >= 11 is 0. The summed E-state index contributed by atoms with van der Waals surface area (Å²) in [6, 6.07) is 3.71. The van der Waals surface area contributed by atoms with Gasteiger partial charge in [0, 0.05) is 18.8 Å². The predicted molar refractivity (Wildman–Crippen MR) is 74.3 cm³/mol. The van der Waals surface area contributed by atoms with Gasteiger partial charge in [-0.3, -0.25) is 4.72 Å². The number of aromatic nitrogens is 2. The van der Waals surface area contributed by atoms with Crippen molar-refractivity contribution in [2.75, 3.05) is 10.5 Å². The molecule has 6 nitrogen and oxygen atoms in total. The van der Waals surface area contributed by atoms with Gasteiger partial charge < -0.3 is 10.3 Å². The number of rotatable bonds is 4. The fourth-order valence-electron chi connectivity index (χ4n) is 1.73. The van der Waals surface area contributed by atoms with Gasteiger partial charge in [-0.2, -0.15) is 8.42 Å². The number of nitrogens with one attached hydrogen (secondary N) is 1. The SMILES string of the molecule is CCn1cc(S(=O)(=O)Nc2ccc(N)c(F)c2)nc1C. The fraction of sp³-hybridized carbons (Fsp3) is 0.250. The van der Waals surface area contributed by atoms with Crippen molar-refractivity contribution in [3.63, 3.8) is 0 Å². The number of nitrogens with zero attached hydrogens (tertiary/aromatic N) is 2. The number of nitrogens with two attached hydrogens (primary N) is 1. The molecule has 1 aromatic heterocycles. The van der Waals surface area contributed by atoms with Crippen LogP contribution in [0.1, 0.15) is 12.7 Å². The summed E-state index contributed by atoms with van der Waals surface area (Å²) in [5.74, 6) is -0.0863. The van der Waals surface area contributed by atoms with Gasteiger partial charge in [-0.05, 0) is 26.0 Å². The second-order valence-electron chi connectivity index (χ2n) is 4.25. The van der Waals surface area contributed by atoms with Crippen molar-refractivity contribution in [1.29, 1.82) is 0 Å². The maximum atomic E-state index is 13.3. The van der Waals surface area contributed by atoms with Gasteiger partial charge >= 0.3 is 0 Å². The highest BCUT2D eigenvalue weighted by Crippen LogP contribution is 2.19. The molecule has 0 aliphatic heterocycles. The molecule has 0 amide bonds. The Morgan fingerprint density at radius 2 is 2.15 bits per heavy atom. The molecule has 0 bridgehead atoms. The van der Waals surface area contributed by atoms with E-state index in [0.717, 1.165) is 6.07 Å². The van der Waals surface area contributed by atoms with Crippen LogP contribution in [0, 0.1) is 12.7 Å². The quantitative estimate of drug-likeness (QED) is 0.841. The van der Waals surface area contributed by atoms with Crippen molar-refractivity contribution in [3.8, 4) is 0 Å². The summed E-state index contributed by atoms with van der Waals surface area (Å²) in [5, 5.41) is -0.103. The Labute approximate surface area is 116 Å². The van der Waals surface area contributed by atoms with E-state index in [9.17, 15) is 12.8 Å². The Balaban J connectivity index is 2.32. The van der Waals surface area contributed by atoms with Crippen molar-refractivity contribution in [1.82, 2.24) is 9.55 Å². The fourth-order valence-corrected chi connectivity index (χ4v) is 2.79. The summed E-state index contributed by atoms with van der Waals surface area (Å²) in [5.41, 5.74) is 5.39. The first-order chi connectivity index (χ1) is 9.33. The molecule has 0 saturated heterocycles. The zero-order valence-corrected chi connectivity index (χ0v) is 11.9. The molecule has 0 aliphatic rings. The van der Waals surface area contributed by atoms with Crippen LogP contribution in [-0.4, -0.2) is 18.0 Å². The highest BCUT2D eigenvalue weighted by atomic mass is 32.2. The van der Waals surface area contributed by atoms with E-state index < -0.39 is 15.8 Å². The first kappa shape index (κ1) is 14.3. The van der Waals surface area contributed by atoms with E-state index in [2.05, 4.69) is 9.71 Å². The lowest BCUT2D eigenvalue weighted by Gasteiger charge is -2.06. The van der Waals surface area contributed by atoms with Crippen LogP contribution in [0.2, 0.25) is 0 Å². The van der Waals surface area contributed by atoms with Gasteiger partial charge in [0.05, 0.1) is 11.4 Å². The van der Waals surface area contributed by atoms with Crippen LogP contribution >= 0.6 is 0 Å². The number of imidazole rings is 1. The van der Waals surface area contributed by atoms with Crippen molar-refractivity contribution < 1.29 is 12.8 Å². The van der Waals surface area contributed by atoms with Gasteiger partial charge in [0.25, 0.3) is 10.0 Å². The van der Waals surface area contributed by atoms with Gasteiger partial charge in [0.15, 0.2) is 5.03 Å². The Bertz CT molecular complexity index is 740. The second kappa shape index (κ2) is 5.12. The third-order valence-corrected chi connectivity index (χ3v) is 4.07. The lowest BCUT2D eigenvalue weighted by molar-refractivity contribution is 0.597. The normalized spacial score (nSPS) is 11.6. The topological polar surface area (TPSA) is 90.0 Å². The number of sulfonamides is 1. The Kier molecular flexibility index (Phi) is 3.67. The van der Waals surface area contributed by atoms with Crippen molar-refractivity contribution in [2.45, 2.75) is 25.4 Å². The Morgan fingerprint density at radius 3 is 2.70 bits per heavy atom. The van der Waals surface area contributed by atoms with Crippen LogP contribution < -0.4 is 10.5 Å². The molecule has 20 heavy (non-hydrogen) atoms. The number of halogens is 1. The molecule has 0 radical (unpaired) electrons. The minimum atomic E-state index is -3.84. The summed E-state index contributed by atoms with van der Waals surface area (Å²) < 4.78 is 41.6. The van der Waals surface area contributed by atoms with Crippen LogP contribution in [0.25, 0.3) is 0 Å². The van der Waals surface area contributed by atoms with Crippen molar-refractivity contribution in [2.24, 2.45) is 0 Å². The molecule has 8 heteroatoms. The highest BCUT2D eigenvalue weighted by molar-refractivity contribution is 7.92. The maximum absolute atomic E-state index is 13.3. The van der Waals surface area contributed by atoms with E-state index in [4.69, 9.17) is 5.73 Å². The van der Waals surface area contributed by atoms with E-state index >= 15 is 0 Å². The van der Waals surface area contributed by atoms with Crippen LogP contribution in [0.4, 0.5) is 15.8 Å². The van der Waals surface area contributed by atoms with Crippen molar-refractivity contribution >= 4 is 21.4 Å². The minimum absolute atomic E-state index is 0.0425. The number of aryl methyl sites for hydroxylation is 2. The molecular formula is C12H15FN4O2S. The highest BCUT2D eigenvalue weighted by Gasteiger charge is 2.19. The third kappa shape index (κ3) is 2.74. The molecule has 2 aromatic rings. The van der Waals surface area contributed by atoms with E-state index in [1.54, 1.807) is 11.5 Å². The molecule has 108 valence electrons. The second-order valence-corrected chi connectivity index (χ2v) is 5.88. The zero-order chi connectivity index (χ0) is 14.9. The molecule has 0 saturated carbocycles. The number of hydrogen-bond acceptors (Lipinski definition) is 4. The molecule has 0 unspecified atom stereocenters. The summed E-state index contributed by atoms with van der Waals surface area (Å²) in [4.78, 5) is 3.98. The predicted octanol–water partition coefficient (Wildman–Crippen LogP) is 1.73. The van der Waals surface area contributed by atoms with Crippen LogP contribution in [-0.2, 0) is 16.6 Å². The molecule has 0 fully saturated rings. The number of benzene rings is 1. The van der Waals surface area contributed by atoms with Crippen LogP contribution in [0.3, 0.4) is 0 Å². The van der Waals surface area contributed by atoms with Gasteiger partial charge in [-0.25, -0.2) is 9.37 Å². The first-order valence-corrected chi connectivity index (χ1v) is 7.43. The van der Waals surface area contributed by atoms with E-state index in [1.807, 2.05) is 6.92 Å². The molecule has 1 aromatic carbocycles.